The van der Waals surface area contributed by atoms with Gasteiger partial charge in [0, 0.05) is 55.5 Å². The van der Waals surface area contributed by atoms with Crippen molar-refractivity contribution in [3.8, 4) is 5.75 Å². The topological polar surface area (TPSA) is 77.1 Å². The van der Waals surface area contributed by atoms with Crippen LogP contribution < -0.4 is 24.6 Å². The van der Waals surface area contributed by atoms with Crippen molar-refractivity contribution in [3.05, 3.63) is 42.0 Å². The molecule has 0 aromatic heterocycles. The van der Waals surface area contributed by atoms with Gasteiger partial charge in [0.1, 0.15) is 5.75 Å². The Kier molecular flexibility index (Phi) is 8.61. The number of hydrogen-bond acceptors (Lipinski definition) is 7. The predicted molar refractivity (Wildman–Crippen MR) is 155 cm³/mol. The van der Waals surface area contributed by atoms with Crippen LogP contribution in [0.15, 0.2) is 36.4 Å². The highest BCUT2D eigenvalue weighted by Crippen LogP contribution is 2.54. The molecule has 3 N–H and O–H groups in total. The second-order valence-corrected chi connectivity index (χ2v) is 12.4. The first kappa shape index (κ1) is 28.7. The molecule has 2 aromatic rings. The minimum Gasteiger partial charge on any atom is -0.461 e. The normalized spacial score (nSPS) is 20.2. The number of piperidine rings is 2. The maximum absolute atomic E-state index is 13.8. The first-order chi connectivity index (χ1) is 19.2. The summed E-state index contributed by atoms with van der Waals surface area (Å²) in [6.45, 7) is 2.92. The molecule has 0 radical (unpaired) electrons. The van der Waals surface area contributed by atoms with E-state index in [0.29, 0.717) is 22.4 Å². The average molecular weight is 579 g/mol. The van der Waals surface area contributed by atoms with Gasteiger partial charge in [-0.25, -0.2) is 13.2 Å². The van der Waals surface area contributed by atoms with Crippen molar-refractivity contribution < 1.29 is 27.8 Å². The van der Waals surface area contributed by atoms with E-state index in [0.717, 1.165) is 37.3 Å². The zero-order valence-electron chi connectivity index (χ0n) is 22.7. The summed E-state index contributed by atoms with van der Waals surface area (Å²) in [4.78, 5) is 17.5. The number of nitrogens with zero attached hydrogens (tertiary/aromatic N) is 2. The summed E-state index contributed by atoms with van der Waals surface area (Å²) in [5.74, 6) is -2.86. The van der Waals surface area contributed by atoms with Crippen molar-refractivity contribution in [2.45, 2.75) is 56.6 Å². The number of hydrogen-bond donors (Lipinski definition) is 3. The molecule has 1 aliphatic carbocycles. The summed E-state index contributed by atoms with van der Waals surface area (Å²) in [6, 6.07) is 10.4. The maximum Gasteiger partial charge on any atom is 0.255 e. The third kappa shape index (κ3) is 6.74. The number of carbonyl (C=O) groups is 1. The van der Waals surface area contributed by atoms with Crippen molar-refractivity contribution in [2.75, 3.05) is 59.5 Å². The summed E-state index contributed by atoms with van der Waals surface area (Å²) in [7, 11) is 0. The van der Waals surface area contributed by atoms with Crippen molar-refractivity contribution >= 4 is 40.6 Å². The predicted octanol–water partition coefficient (Wildman–Crippen LogP) is 6.30. The lowest BCUT2D eigenvalue weighted by Gasteiger charge is -2.35. The Morgan fingerprint density at radius 1 is 1.00 bits per heavy atom. The largest absolute Gasteiger partial charge is 0.461 e. The summed E-state index contributed by atoms with van der Waals surface area (Å²) < 4.78 is 49.0. The molecule has 218 valence electrons. The first-order valence-electron chi connectivity index (χ1n) is 13.9. The van der Waals surface area contributed by atoms with Gasteiger partial charge in [-0.3, -0.25) is 4.79 Å². The quantitative estimate of drug-likeness (QED) is 0.286. The highest BCUT2D eigenvalue weighted by molar-refractivity contribution is 8.01. The van der Waals surface area contributed by atoms with Crippen molar-refractivity contribution in [2.24, 2.45) is 5.41 Å². The molecule has 2 heterocycles. The van der Waals surface area contributed by atoms with Crippen LogP contribution in [0.3, 0.4) is 0 Å². The standard InChI is InChI=1S/C29H37F3N4O3S/c1-20(18-37)40-34-22-3-4-23(24(17-22)35-12-8-28(6-7-28)9-13-35)33-27(38)21-2-5-26(39-19-30)25(16-21)36-14-10-29(31,32)11-15-36/h2-5,16-17,20,34,37H,6-15,18-19H2,1H3,(H,33,38)/t20-/m0/s1. The van der Waals surface area contributed by atoms with E-state index in [4.69, 9.17) is 4.74 Å². The second-order valence-electron chi connectivity index (χ2n) is 11.2. The van der Waals surface area contributed by atoms with Gasteiger partial charge in [0.15, 0.2) is 0 Å². The molecule has 1 spiro atoms. The Morgan fingerprint density at radius 3 is 2.33 bits per heavy atom. The first-order valence-corrected chi connectivity index (χ1v) is 14.8. The van der Waals surface area contributed by atoms with Gasteiger partial charge in [-0.2, -0.15) is 0 Å². The van der Waals surface area contributed by atoms with Gasteiger partial charge in [0.2, 0.25) is 6.86 Å². The molecular formula is C29H37F3N4O3S. The van der Waals surface area contributed by atoms with Crippen LogP contribution in [0.25, 0.3) is 0 Å². The molecule has 2 aliphatic heterocycles. The number of alkyl halides is 3. The summed E-state index contributed by atoms with van der Waals surface area (Å²) in [6.07, 6.45) is 4.22. The zero-order chi connectivity index (χ0) is 28.3. The van der Waals surface area contributed by atoms with E-state index in [1.807, 2.05) is 25.1 Å². The number of rotatable bonds is 10. The Bertz CT molecular complexity index is 1190. The molecule has 0 bridgehead atoms. The molecule has 2 aromatic carbocycles. The molecule has 5 rings (SSSR count). The molecule has 1 atom stereocenters. The second kappa shape index (κ2) is 12.0. The van der Waals surface area contributed by atoms with E-state index in [1.54, 1.807) is 17.0 Å². The number of carbonyl (C=O) groups excluding carboxylic acids is 1. The van der Waals surface area contributed by atoms with Gasteiger partial charge >= 0.3 is 0 Å². The fraction of sp³-hybridized carbons (Fsp3) is 0.552. The lowest BCUT2D eigenvalue weighted by molar-refractivity contribution is -0.0221. The number of aliphatic hydroxyl groups excluding tert-OH is 1. The molecule has 11 heteroatoms. The minimum absolute atomic E-state index is 0.0252. The van der Waals surface area contributed by atoms with Crippen LogP contribution in [-0.2, 0) is 0 Å². The van der Waals surface area contributed by atoms with Crippen molar-refractivity contribution in [1.82, 2.24) is 0 Å². The number of nitrogens with one attached hydrogen (secondary N) is 2. The van der Waals surface area contributed by atoms with Gasteiger partial charge in [0.05, 0.1) is 23.7 Å². The van der Waals surface area contributed by atoms with Gasteiger partial charge in [-0.05, 0) is 86.4 Å². The minimum atomic E-state index is -2.73. The van der Waals surface area contributed by atoms with E-state index in [-0.39, 0.29) is 49.4 Å². The van der Waals surface area contributed by atoms with E-state index >= 15 is 0 Å². The van der Waals surface area contributed by atoms with Crippen LogP contribution in [0, 0.1) is 5.41 Å². The third-order valence-corrected chi connectivity index (χ3v) is 9.17. The van der Waals surface area contributed by atoms with Crippen LogP contribution >= 0.6 is 11.9 Å². The number of benzene rings is 2. The van der Waals surface area contributed by atoms with E-state index < -0.39 is 12.8 Å². The Labute approximate surface area is 237 Å². The van der Waals surface area contributed by atoms with Crippen LogP contribution in [0.4, 0.5) is 35.9 Å². The fourth-order valence-electron chi connectivity index (χ4n) is 5.42. The van der Waals surface area contributed by atoms with Gasteiger partial charge in [-0.1, -0.05) is 0 Å². The van der Waals surface area contributed by atoms with Crippen molar-refractivity contribution in [3.63, 3.8) is 0 Å². The lowest BCUT2D eigenvalue weighted by Crippen LogP contribution is -2.39. The molecule has 3 aliphatic rings. The van der Waals surface area contributed by atoms with Gasteiger partial charge in [0.25, 0.3) is 11.8 Å². The summed E-state index contributed by atoms with van der Waals surface area (Å²) in [5, 5.41) is 12.4. The van der Waals surface area contributed by atoms with E-state index in [2.05, 4.69) is 14.9 Å². The molecule has 7 nitrogen and oxygen atoms in total. The Morgan fingerprint density at radius 2 is 1.68 bits per heavy atom. The van der Waals surface area contributed by atoms with Crippen LogP contribution in [0.2, 0.25) is 0 Å². The Hall–Kier alpha value is -2.79. The fourth-order valence-corrected chi connectivity index (χ4v) is 5.96. The lowest BCUT2D eigenvalue weighted by atomic mass is 9.93. The van der Waals surface area contributed by atoms with E-state index in [1.165, 1.54) is 30.9 Å². The van der Waals surface area contributed by atoms with Crippen LogP contribution in [0.1, 0.15) is 55.8 Å². The average Bonchev–Trinajstić information content (AvgIpc) is 3.71. The van der Waals surface area contributed by atoms with Gasteiger partial charge in [-0.15, -0.1) is 0 Å². The zero-order valence-corrected chi connectivity index (χ0v) is 23.5. The summed E-state index contributed by atoms with van der Waals surface area (Å²) >= 11 is 1.44. The summed E-state index contributed by atoms with van der Waals surface area (Å²) in [5.41, 5.74) is 3.73. The Balaban J connectivity index is 1.37. The maximum atomic E-state index is 13.8. The van der Waals surface area contributed by atoms with Crippen molar-refractivity contribution in [1.29, 1.82) is 0 Å². The number of halogens is 3. The molecule has 2 saturated heterocycles. The van der Waals surface area contributed by atoms with Gasteiger partial charge < -0.3 is 29.7 Å². The number of anilines is 4. The smallest absolute Gasteiger partial charge is 0.255 e. The third-order valence-electron chi connectivity index (χ3n) is 8.27. The molecular weight excluding hydrogens is 541 g/mol. The molecule has 40 heavy (non-hydrogen) atoms. The monoisotopic (exact) mass is 578 g/mol. The van der Waals surface area contributed by atoms with E-state index in [9.17, 15) is 23.1 Å². The number of ether oxygens (including phenoxy) is 1. The highest BCUT2D eigenvalue weighted by atomic mass is 32.2. The van der Waals surface area contributed by atoms with Crippen LogP contribution in [-0.4, -0.2) is 61.8 Å². The highest BCUT2D eigenvalue weighted by Gasteiger charge is 2.44. The number of aliphatic hydroxyl groups is 1. The molecule has 3 fully saturated rings. The molecule has 0 unspecified atom stereocenters. The van der Waals surface area contributed by atoms with Crippen LogP contribution in [0.5, 0.6) is 5.75 Å². The SMILES string of the molecule is C[C@@H](CO)SNc1ccc(NC(=O)c2ccc(OCF)c(N3CCC(F)(F)CC3)c2)c(N2CCC3(CC2)CC3)c1. The number of amides is 1. The molecule has 1 saturated carbocycles. The molecule has 1 amide bonds.